The molecule has 1 amide bonds. The summed E-state index contributed by atoms with van der Waals surface area (Å²) in [5.74, 6) is -1.97. The molecule has 3 rings (SSSR count). The average molecular weight is 435 g/mol. The third kappa shape index (κ3) is 5.67. The molecule has 0 spiro atoms. The maximum Gasteiger partial charge on any atom is 0.252 e. The molecule has 0 saturated carbocycles. The number of halogens is 2. The third-order valence-corrected chi connectivity index (χ3v) is 5.24. The second-order valence-corrected chi connectivity index (χ2v) is 7.17. The monoisotopic (exact) mass is 435 g/mol. The van der Waals surface area contributed by atoms with E-state index < -0.39 is 17.6 Å². The van der Waals surface area contributed by atoms with Crippen LogP contribution in [0.4, 0.5) is 8.78 Å². The Bertz CT molecular complexity index is 960. The minimum absolute atomic E-state index is 0.0560. The van der Waals surface area contributed by atoms with Crippen molar-refractivity contribution >= 4 is 17.2 Å². The molecular formula is C21H23F2N3O3S. The summed E-state index contributed by atoms with van der Waals surface area (Å²) in [6.07, 6.45) is 1.55. The molecule has 0 unspecified atom stereocenters. The highest BCUT2D eigenvalue weighted by Gasteiger charge is 2.20. The summed E-state index contributed by atoms with van der Waals surface area (Å²) in [6.45, 7) is -0.499. The van der Waals surface area contributed by atoms with Gasteiger partial charge in [0.05, 0.1) is 16.0 Å². The predicted octanol–water partition coefficient (Wildman–Crippen LogP) is 2.66. The molecule has 5 N–H and O–H groups in total. The second-order valence-electron chi connectivity index (χ2n) is 6.14. The fourth-order valence-corrected chi connectivity index (χ4v) is 3.57. The molecule has 0 aliphatic rings. The van der Waals surface area contributed by atoms with Gasteiger partial charge >= 0.3 is 0 Å². The number of carbonyl (C=O) groups excluding carboxylic acids is 1. The smallest absolute Gasteiger partial charge is 0.252 e. The lowest BCUT2D eigenvalue weighted by atomic mass is 10.1. The summed E-state index contributed by atoms with van der Waals surface area (Å²) in [7, 11) is 1.50. The molecule has 1 heterocycles. The van der Waals surface area contributed by atoms with Crippen LogP contribution in [0.15, 0.2) is 48.7 Å². The lowest BCUT2D eigenvalue weighted by Gasteiger charge is -2.13. The Morgan fingerprint density at radius 3 is 2.43 bits per heavy atom. The van der Waals surface area contributed by atoms with Crippen molar-refractivity contribution in [3.8, 4) is 21.0 Å². The van der Waals surface area contributed by atoms with E-state index in [1.807, 2.05) is 0 Å². The van der Waals surface area contributed by atoms with Gasteiger partial charge in [0.25, 0.3) is 5.91 Å². The number of rotatable bonds is 7. The Morgan fingerprint density at radius 2 is 1.80 bits per heavy atom. The van der Waals surface area contributed by atoms with Crippen molar-refractivity contribution in [3.63, 3.8) is 0 Å². The maximum atomic E-state index is 14.5. The Labute approximate surface area is 177 Å². The minimum atomic E-state index is -0.589. The summed E-state index contributed by atoms with van der Waals surface area (Å²) in [5.41, 5.74) is 5.42. The van der Waals surface area contributed by atoms with Gasteiger partial charge in [-0.15, -0.1) is 11.3 Å². The van der Waals surface area contributed by atoms with E-state index in [1.54, 1.807) is 18.3 Å². The van der Waals surface area contributed by atoms with Crippen molar-refractivity contribution in [2.75, 3.05) is 26.8 Å². The first kappa shape index (κ1) is 23.6. The van der Waals surface area contributed by atoms with Crippen LogP contribution >= 0.6 is 11.3 Å². The van der Waals surface area contributed by atoms with Crippen LogP contribution in [-0.4, -0.2) is 47.9 Å². The normalized spacial score (nSPS) is 10.5. The molecule has 2 aromatic carbocycles. The molecule has 6 nitrogen and oxygen atoms in total. The fraction of sp³-hybridized carbons (Fsp3) is 0.238. The molecule has 0 aliphatic heterocycles. The lowest BCUT2D eigenvalue weighted by Crippen LogP contribution is -2.32. The summed E-state index contributed by atoms with van der Waals surface area (Å²) < 4.78 is 27.7. The molecule has 0 fully saturated rings. The van der Waals surface area contributed by atoms with Crippen LogP contribution in [0.2, 0.25) is 0 Å². The number of nitrogens with two attached hydrogens (primary N) is 1. The lowest BCUT2D eigenvalue weighted by molar-refractivity contribution is 0.0922. The molecule has 0 aliphatic carbocycles. The van der Waals surface area contributed by atoms with E-state index in [1.165, 1.54) is 48.7 Å². The number of carbonyl (C=O) groups is 1. The number of aliphatic hydroxyl groups is 2. The van der Waals surface area contributed by atoms with E-state index in [9.17, 15) is 13.6 Å². The van der Waals surface area contributed by atoms with Gasteiger partial charge in [0, 0.05) is 31.9 Å². The van der Waals surface area contributed by atoms with Crippen LogP contribution < -0.4 is 11.1 Å². The number of hydrogen-bond donors (Lipinski definition) is 4. The van der Waals surface area contributed by atoms with Crippen molar-refractivity contribution in [1.82, 2.24) is 10.3 Å². The van der Waals surface area contributed by atoms with E-state index in [-0.39, 0.29) is 36.7 Å². The van der Waals surface area contributed by atoms with Crippen LogP contribution in [0.1, 0.15) is 10.4 Å². The zero-order valence-corrected chi connectivity index (χ0v) is 17.1. The topological polar surface area (TPSA) is 108 Å². The molecule has 3 aromatic rings. The highest BCUT2D eigenvalue weighted by Crippen LogP contribution is 2.35. The van der Waals surface area contributed by atoms with E-state index in [0.717, 1.165) is 5.56 Å². The van der Waals surface area contributed by atoms with E-state index in [4.69, 9.17) is 10.2 Å². The van der Waals surface area contributed by atoms with Crippen LogP contribution in [0.5, 0.6) is 0 Å². The standard InChI is InChI=1S/C20H18F2N2O3S.CH5N/c21-14-6-4-13(5-7-14)17-9-24-20(28-17)18-15(2-1-3-16(18)22)19(27)23-8-12(10-25)11-26;1-2/h1-7,9,12,25-26H,8,10-11H2,(H,23,27);2H2,1H3. The summed E-state index contributed by atoms with van der Waals surface area (Å²) in [6, 6.07) is 10.0. The van der Waals surface area contributed by atoms with Crippen molar-refractivity contribution in [1.29, 1.82) is 0 Å². The van der Waals surface area contributed by atoms with Crippen LogP contribution in [0.25, 0.3) is 21.0 Å². The van der Waals surface area contributed by atoms with Gasteiger partial charge in [-0.05, 0) is 36.9 Å². The van der Waals surface area contributed by atoms with Crippen LogP contribution in [0, 0.1) is 17.6 Å². The van der Waals surface area contributed by atoms with Gasteiger partial charge in [-0.1, -0.05) is 18.2 Å². The maximum absolute atomic E-state index is 14.5. The zero-order chi connectivity index (χ0) is 22.1. The molecular weight excluding hydrogens is 412 g/mol. The number of hydrogen-bond acceptors (Lipinski definition) is 6. The number of amides is 1. The van der Waals surface area contributed by atoms with Crippen LogP contribution in [0.3, 0.4) is 0 Å². The molecule has 0 saturated heterocycles. The molecule has 160 valence electrons. The van der Waals surface area contributed by atoms with Gasteiger partial charge < -0.3 is 21.3 Å². The first-order valence-corrected chi connectivity index (χ1v) is 9.93. The van der Waals surface area contributed by atoms with Gasteiger partial charge in [-0.2, -0.15) is 0 Å². The molecule has 0 bridgehead atoms. The number of nitrogens with zero attached hydrogens (tertiary/aromatic N) is 1. The number of benzene rings is 2. The average Bonchev–Trinajstić information content (AvgIpc) is 3.25. The SMILES string of the molecule is CN.O=C(NCC(CO)CO)c1cccc(F)c1-c1ncc(-c2ccc(F)cc2)s1. The van der Waals surface area contributed by atoms with E-state index >= 15 is 0 Å². The summed E-state index contributed by atoms with van der Waals surface area (Å²) in [5, 5.41) is 21.1. The molecule has 0 radical (unpaired) electrons. The summed E-state index contributed by atoms with van der Waals surface area (Å²) in [4.78, 5) is 17.5. The Hall–Kier alpha value is -2.72. The van der Waals surface area contributed by atoms with Gasteiger partial charge in [0.15, 0.2) is 0 Å². The molecule has 9 heteroatoms. The molecule has 30 heavy (non-hydrogen) atoms. The fourth-order valence-electron chi connectivity index (χ4n) is 2.59. The zero-order valence-electron chi connectivity index (χ0n) is 16.3. The Morgan fingerprint density at radius 1 is 1.13 bits per heavy atom. The summed E-state index contributed by atoms with van der Waals surface area (Å²) >= 11 is 1.19. The third-order valence-electron chi connectivity index (χ3n) is 4.17. The van der Waals surface area contributed by atoms with Crippen LogP contribution in [-0.2, 0) is 0 Å². The van der Waals surface area contributed by atoms with Gasteiger partial charge in [0.1, 0.15) is 16.6 Å². The quantitative estimate of drug-likeness (QED) is 0.456. The number of aliphatic hydroxyl groups excluding tert-OH is 2. The molecule has 0 atom stereocenters. The van der Waals surface area contributed by atoms with Crippen molar-refractivity contribution in [2.24, 2.45) is 11.7 Å². The predicted molar refractivity (Wildman–Crippen MR) is 113 cm³/mol. The Kier molecular flexibility index (Phi) is 9.00. The number of nitrogens with one attached hydrogen (secondary N) is 1. The van der Waals surface area contributed by atoms with E-state index in [0.29, 0.717) is 9.88 Å². The van der Waals surface area contributed by atoms with Gasteiger partial charge in [-0.25, -0.2) is 13.8 Å². The Balaban J connectivity index is 0.00000155. The second kappa shape index (κ2) is 11.5. The molecule has 1 aromatic heterocycles. The van der Waals surface area contributed by atoms with Gasteiger partial charge in [0.2, 0.25) is 0 Å². The van der Waals surface area contributed by atoms with Crippen molar-refractivity contribution < 1.29 is 23.8 Å². The van der Waals surface area contributed by atoms with Crippen molar-refractivity contribution in [3.05, 3.63) is 65.9 Å². The highest BCUT2D eigenvalue weighted by atomic mass is 32.1. The first-order valence-electron chi connectivity index (χ1n) is 9.11. The number of thiazole rings is 1. The number of aromatic nitrogens is 1. The van der Waals surface area contributed by atoms with E-state index in [2.05, 4.69) is 16.0 Å². The highest BCUT2D eigenvalue weighted by molar-refractivity contribution is 7.18. The van der Waals surface area contributed by atoms with Crippen molar-refractivity contribution in [2.45, 2.75) is 0 Å². The first-order chi connectivity index (χ1) is 14.5. The van der Waals surface area contributed by atoms with Gasteiger partial charge in [-0.3, -0.25) is 4.79 Å². The minimum Gasteiger partial charge on any atom is -0.396 e. The largest absolute Gasteiger partial charge is 0.396 e.